The molecule has 5 heteroatoms. The number of esters is 1. The Kier molecular flexibility index (Phi) is 4.61. The van der Waals surface area contributed by atoms with Crippen molar-refractivity contribution >= 4 is 22.8 Å². The zero-order chi connectivity index (χ0) is 16.9. The van der Waals surface area contributed by atoms with Gasteiger partial charge in [0.05, 0.1) is 5.56 Å². The van der Waals surface area contributed by atoms with Gasteiger partial charge in [-0.05, 0) is 18.6 Å². The lowest BCUT2D eigenvalue weighted by Gasteiger charge is -2.13. The molecule has 0 aliphatic carbocycles. The summed E-state index contributed by atoms with van der Waals surface area (Å²) in [7, 11) is 0. The van der Waals surface area contributed by atoms with Crippen molar-refractivity contribution in [2.45, 2.75) is 19.6 Å². The zero-order valence-corrected chi connectivity index (χ0v) is 13.3. The van der Waals surface area contributed by atoms with Crippen LogP contribution in [0.5, 0.6) is 0 Å². The van der Waals surface area contributed by atoms with Crippen molar-refractivity contribution in [3.63, 3.8) is 0 Å². The summed E-state index contributed by atoms with van der Waals surface area (Å²) in [4.78, 5) is 27.4. The van der Waals surface area contributed by atoms with E-state index in [1.165, 1.54) is 0 Å². The average molecular weight is 322 g/mol. The lowest BCUT2D eigenvalue weighted by atomic mass is 10.2. The minimum Gasteiger partial charge on any atom is -0.449 e. The number of ether oxygens (including phenoxy) is 1. The molecule has 0 bridgehead atoms. The third-order valence-corrected chi connectivity index (χ3v) is 3.77. The Labute approximate surface area is 139 Å². The molecule has 0 fully saturated rings. The SMILES string of the molecule is C[C@@H](OC(=O)c1c[nH]c2ccccc12)C(=O)NCc1ccccc1. The van der Waals surface area contributed by atoms with Crippen LogP contribution in [0.2, 0.25) is 0 Å². The molecule has 1 heterocycles. The Morgan fingerprint density at radius 3 is 2.58 bits per heavy atom. The smallest absolute Gasteiger partial charge is 0.341 e. The predicted molar refractivity (Wildman–Crippen MR) is 91.5 cm³/mol. The van der Waals surface area contributed by atoms with Crippen LogP contribution < -0.4 is 5.32 Å². The van der Waals surface area contributed by atoms with Gasteiger partial charge in [-0.1, -0.05) is 48.5 Å². The molecule has 1 aromatic heterocycles. The molecular formula is C19H18N2O3. The van der Waals surface area contributed by atoms with E-state index in [0.29, 0.717) is 12.1 Å². The summed E-state index contributed by atoms with van der Waals surface area (Å²) in [5, 5.41) is 3.54. The van der Waals surface area contributed by atoms with Crippen LogP contribution in [0.1, 0.15) is 22.8 Å². The van der Waals surface area contributed by atoms with Gasteiger partial charge in [0.25, 0.3) is 5.91 Å². The summed E-state index contributed by atoms with van der Waals surface area (Å²) in [5.41, 5.74) is 2.26. The van der Waals surface area contributed by atoms with Crippen LogP contribution >= 0.6 is 0 Å². The molecule has 0 aliphatic heterocycles. The van der Waals surface area contributed by atoms with Crippen molar-refractivity contribution < 1.29 is 14.3 Å². The van der Waals surface area contributed by atoms with Gasteiger partial charge in [-0.15, -0.1) is 0 Å². The van der Waals surface area contributed by atoms with Gasteiger partial charge in [-0.2, -0.15) is 0 Å². The highest BCUT2D eigenvalue weighted by atomic mass is 16.5. The summed E-state index contributed by atoms with van der Waals surface area (Å²) in [6.07, 6.45) is 0.733. The van der Waals surface area contributed by atoms with Gasteiger partial charge in [0.1, 0.15) is 0 Å². The highest BCUT2D eigenvalue weighted by molar-refractivity contribution is 6.04. The van der Waals surface area contributed by atoms with Gasteiger partial charge in [0.15, 0.2) is 6.10 Å². The molecule has 2 aromatic carbocycles. The van der Waals surface area contributed by atoms with E-state index in [1.54, 1.807) is 13.1 Å². The molecule has 2 N–H and O–H groups in total. The quantitative estimate of drug-likeness (QED) is 0.709. The maximum absolute atomic E-state index is 12.3. The van der Waals surface area contributed by atoms with Gasteiger partial charge >= 0.3 is 5.97 Å². The van der Waals surface area contributed by atoms with Gasteiger partial charge in [-0.25, -0.2) is 4.79 Å². The largest absolute Gasteiger partial charge is 0.449 e. The summed E-state index contributed by atoms with van der Waals surface area (Å²) in [5.74, 6) is -0.846. The maximum Gasteiger partial charge on any atom is 0.341 e. The number of carbonyl (C=O) groups excluding carboxylic acids is 2. The van der Waals surface area contributed by atoms with E-state index < -0.39 is 12.1 Å². The van der Waals surface area contributed by atoms with E-state index in [2.05, 4.69) is 10.3 Å². The fraction of sp³-hybridized carbons (Fsp3) is 0.158. The maximum atomic E-state index is 12.3. The second kappa shape index (κ2) is 7.00. The molecular weight excluding hydrogens is 304 g/mol. The number of para-hydroxylation sites is 1. The zero-order valence-electron chi connectivity index (χ0n) is 13.3. The number of H-pyrrole nitrogens is 1. The van der Waals surface area contributed by atoms with Gasteiger partial charge in [-0.3, -0.25) is 4.79 Å². The number of benzene rings is 2. The van der Waals surface area contributed by atoms with Gasteiger partial charge in [0.2, 0.25) is 0 Å². The van der Waals surface area contributed by atoms with Crippen LogP contribution in [0, 0.1) is 0 Å². The number of amides is 1. The topological polar surface area (TPSA) is 71.2 Å². The number of rotatable bonds is 5. The first-order valence-electron chi connectivity index (χ1n) is 7.74. The van der Waals surface area contributed by atoms with Crippen LogP contribution in [-0.2, 0) is 16.1 Å². The Bertz CT molecular complexity index is 855. The second-order valence-electron chi connectivity index (χ2n) is 5.50. The van der Waals surface area contributed by atoms with Crippen LogP contribution in [0.4, 0.5) is 0 Å². The fourth-order valence-electron chi connectivity index (χ4n) is 2.45. The molecule has 24 heavy (non-hydrogen) atoms. The first kappa shape index (κ1) is 15.8. The number of aromatic amines is 1. The molecule has 0 aliphatic rings. The molecule has 5 nitrogen and oxygen atoms in total. The summed E-state index contributed by atoms with van der Waals surface area (Å²) in [6, 6.07) is 17.0. The minimum atomic E-state index is -0.866. The van der Waals surface area contributed by atoms with E-state index in [4.69, 9.17) is 4.74 Å². The molecule has 1 atom stereocenters. The molecule has 3 aromatic rings. The fourth-order valence-corrected chi connectivity index (χ4v) is 2.45. The van der Waals surface area contributed by atoms with Crippen molar-refractivity contribution in [2.75, 3.05) is 0 Å². The summed E-state index contributed by atoms with van der Waals surface area (Å²) >= 11 is 0. The summed E-state index contributed by atoms with van der Waals surface area (Å²) in [6.45, 7) is 1.96. The predicted octanol–water partition coefficient (Wildman–Crippen LogP) is 3.03. The standard InChI is InChI=1S/C19H18N2O3/c1-13(18(22)21-11-14-7-3-2-4-8-14)24-19(23)16-12-20-17-10-6-5-9-15(16)17/h2-10,12-13,20H,11H2,1H3,(H,21,22)/t13-/m1/s1. The number of hydrogen-bond donors (Lipinski definition) is 2. The molecule has 0 radical (unpaired) electrons. The van der Waals surface area contributed by atoms with E-state index in [1.807, 2.05) is 54.6 Å². The highest BCUT2D eigenvalue weighted by Crippen LogP contribution is 2.19. The van der Waals surface area contributed by atoms with E-state index in [9.17, 15) is 9.59 Å². The van der Waals surface area contributed by atoms with Gasteiger partial charge < -0.3 is 15.0 Å². The number of nitrogens with one attached hydrogen (secondary N) is 2. The van der Waals surface area contributed by atoms with Crippen molar-refractivity contribution in [3.05, 3.63) is 71.9 Å². The van der Waals surface area contributed by atoms with Crippen molar-refractivity contribution in [1.29, 1.82) is 0 Å². The molecule has 1 amide bonds. The normalized spacial score (nSPS) is 11.9. The third kappa shape index (κ3) is 3.46. The Balaban J connectivity index is 1.60. The lowest BCUT2D eigenvalue weighted by Crippen LogP contribution is -2.35. The van der Waals surface area contributed by atoms with E-state index in [-0.39, 0.29) is 5.91 Å². The Hall–Kier alpha value is -3.08. The molecule has 0 spiro atoms. The van der Waals surface area contributed by atoms with E-state index >= 15 is 0 Å². The lowest BCUT2D eigenvalue weighted by molar-refractivity contribution is -0.129. The first-order valence-corrected chi connectivity index (χ1v) is 7.74. The molecule has 122 valence electrons. The van der Waals surface area contributed by atoms with Crippen LogP contribution in [0.3, 0.4) is 0 Å². The molecule has 3 rings (SSSR count). The van der Waals surface area contributed by atoms with Crippen LogP contribution in [-0.4, -0.2) is 23.0 Å². The molecule has 0 unspecified atom stereocenters. The van der Waals surface area contributed by atoms with Crippen molar-refractivity contribution in [3.8, 4) is 0 Å². The van der Waals surface area contributed by atoms with E-state index in [0.717, 1.165) is 16.5 Å². The average Bonchev–Trinajstić information content (AvgIpc) is 3.04. The second-order valence-corrected chi connectivity index (χ2v) is 5.50. The highest BCUT2D eigenvalue weighted by Gasteiger charge is 2.20. The Morgan fingerprint density at radius 1 is 1.08 bits per heavy atom. The number of fused-ring (bicyclic) bond motifs is 1. The van der Waals surface area contributed by atoms with Crippen LogP contribution in [0.25, 0.3) is 10.9 Å². The number of carbonyl (C=O) groups is 2. The number of hydrogen-bond acceptors (Lipinski definition) is 3. The van der Waals surface area contributed by atoms with Crippen LogP contribution in [0.15, 0.2) is 60.8 Å². The monoisotopic (exact) mass is 322 g/mol. The molecule has 0 saturated carbocycles. The first-order chi connectivity index (χ1) is 11.6. The van der Waals surface area contributed by atoms with Gasteiger partial charge in [0, 0.05) is 23.6 Å². The Morgan fingerprint density at radius 2 is 1.79 bits per heavy atom. The molecule has 0 saturated heterocycles. The van der Waals surface area contributed by atoms with Crippen molar-refractivity contribution in [2.24, 2.45) is 0 Å². The third-order valence-electron chi connectivity index (χ3n) is 3.77. The number of aromatic nitrogens is 1. The minimum absolute atomic E-state index is 0.327. The summed E-state index contributed by atoms with van der Waals surface area (Å²) < 4.78 is 5.28. The van der Waals surface area contributed by atoms with Crippen molar-refractivity contribution in [1.82, 2.24) is 10.3 Å².